The zero-order valence-corrected chi connectivity index (χ0v) is 9.65. The number of anilines is 1. The Labute approximate surface area is 91.9 Å². The van der Waals surface area contributed by atoms with Gasteiger partial charge in [-0.15, -0.1) is 10.2 Å². The molecule has 0 aromatic carbocycles. The van der Waals surface area contributed by atoms with Gasteiger partial charge in [0.1, 0.15) is 5.25 Å². The molecule has 3 N–H and O–H groups in total. The van der Waals surface area contributed by atoms with Gasteiger partial charge < -0.3 is 10.8 Å². The zero-order chi connectivity index (χ0) is 11.6. The molecule has 6 nitrogen and oxygen atoms in total. The monoisotopic (exact) mass is 230 g/mol. The van der Waals surface area contributed by atoms with E-state index in [1.807, 2.05) is 13.8 Å². The predicted octanol–water partition coefficient (Wildman–Crippen LogP) is 1.01. The molecule has 0 saturated carbocycles. The van der Waals surface area contributed by atoms with Gasteiger partial charge in [0, 0.05) is 6.04 Å². The molecule has 0 bridgehead atoms. The number of hydrogen-bond acceptors (Lipinski definition) is 5. The molecular formula is C8H14N4O2S. The number of aliphatic carboxylic acids is 1. The van der Waals surface area contributed by atoms with Gasteiger partial charge in [-0.1, -0.05) is 11.8 Å². The maximum Gasteiger partial charge on any atom is 0.316 e. The summed E-state index contributed by atoms with van der Waals surface area (Å²) in [5, 5.41) is 16.3. The third kappa shape index (κ3) is 2.62. The first-order valence-electron chi connectivity index (χ1n) is 4.53. The number of carboxylic acid groups (broad SMARTS) is 1. The number of rotatable bonds is 4. The van der Waals surface area contributed by atoms with Gasteiger partial charge in [0.05, 0.1) is 0 Å². The number of carboxylic acids is 1. The molecular weight excluding hydrogens is 216 g/mol. The SMILES string of the molecule is CC(Sc1nnc(N)n1C(C)C)C(=O)O. The van der Waals surface area contributed by atoms with Crippen molar-refractivity contribution in [1.29, 1.82) is 0 Å². The van der Waals surface area contributed by atoms with E-state index >= 15 is 0 Å². The summed E-state index contributed by atoms with van der Waals surface area (Å²) in [6, 6.07) is 0.114. The highest BCUT2D eigenvalue weighted by Gasteiger charge is 2.19. The predicted molar refractivity (Wildman–Crippen MR) is 57.8 cm³/mol. The van der Waals surface area contributed by atoms with Gasteiger partial charge in [0.2, 0.25) is 5.95 Å². The van der Waals surface area contributed by atoms with Gasteiger partial charge in [0.25, 0.3) is 0 Å². The van der Waals surface area contributed by atoms with Crippen molar-refractivity contribution in [3.05, 3.63) is 0 Å². The zero-order valence-electron chi connectivity index (χ0n) is 8.84. The standard InChI is InChI=1S/C8H14N4O2S/c1-4(2)12-7(9)10-11-8(12)15-5(3)6(13)14/h4-5H,1-3H3,(H2,9,10)(H,13,14). The third-order valence-electron chi connectivity index (χ3n) is 1.84. The number of aromatic nitrogens is 3. The topological polar surface area (TPSA) is 94.0 Å². The van der Waals surface area contributed by atoms with Crippen LogP contribution in [-0.2, 0) is 4.79 Å². The number of nitrogens with two attached hydrogens (primary N) is 1. The Morgan fingerprint density at radius 3 is 2.53 bits per heavy atom. The van der Waals surface area contributed by atoms with Crippen molar-refractivity contribution in [1.82, 2.24) is 14.8 Å². The van der Waals surface area contributed by atoms with Crippen LogP contribution in [0.4, 0.5) is 5.95 Å². The average Bonchev–Trinajstić information content (AvgIpc) is 2.46. The number of thioether (sulfide) groups is 1. The highest BCUT2D eigenvalue weighted by molar-refractivity contribution is 8.00. The van der Waals surface area contributed by atoms with Gasteiger partial charge >= 0.3 is 5.97 Å². The average molecular weight is 230 g/mol. The van der Waals surface area contributed by atoms with Crippen LogP contribution in [0, 0.1) is 0 Å². The number of nitrogens with zero attached hydrogens (tertiary/aromatic N) is 3. The van der Waals surface area contributed by atoms with E-state index < -0.39 is 11.2 Å². The molecule has 0 aliphatic rings. The summed E-state index contributed by atoms with van der Waals surface area (Å²) in [4.78, 5) is 10.7. The molecule has 1 rings (SSSR count). The maximum absolute atomic E-state index is 10.7. The summed E-state index contributed by atoms with van der Waals surface area (Å²) in [5.74, 6) is -0.568. The highest BCUT2D eigenvalue weighted by Crippen LogP contribution is 2.25. The quantitative estimate of drug-likeness (QED) is 0.749. The fraction of sp³-hybridized carbons (Fsp3) is 0.625. The summed E-state index contributed by atoms with van der Waals surface area (Å²) in [7, 11) is 0. The molecule has 0 saturated heterocycles. The van der Waals surface area contributed by atoms with Crippen molar-refractivity contribution in [2.45, 2.75) is 37.2 Å². The first-order chi connectivity index (χ1) is 6.93. The first kappa shape index (κ1) is 11.8. The van der Waals surface area contributed by atoms with Crippen LogP contribution in [0.5, 0.6) is 0 Å². The third-order valence-corrected chi connectivity index (χ3v) is 2.88. The lowest BCUT2D eigenvalue weighted by Crippen LogP contribution is -2.14. The van der Waals surface area contributed by atoms with Gasteiger partial charge in [-0.25, -0.2) is 0 Å². The summed E-state index contributed by atoms with van der Waals surface area (Å²) >= 11 is 1.14. The Bertz CT molecular complexity index is 364. The molecule has 0 aliphatic carbocycles. The summed E-state index contributed by atoms with van der Waals surface area (Å²) in [6.45, 7) is 5.48. The van der Waals surface area contributed by atoms with E-state index in [4.69, 9.17) is 10.8 Å². The minimum absolute atomic E-state index is 0.114. The Balaban J connectivity index is 2.90. The first-order valence-corrected chi connectivity index (χ1v) is 5.41. The van der Waals surface area contributed by atoms with Crippen molar-refractivity contribution in [2.24, 2.45) is 0 Å². The van der Waals surface area contributed by atoms with E-state index in [9.17, 15) is 4.79 Å². The molecule has 0 aliphatic heterocycles. The van der Waals surface area contributed by atoms with Crippen molar-refractivity contribution in [2.75, 3.05) is 5.73 Å². The Kier molecular flexibility index (Phi) is 3.57. The summed E-state index contributed by atoms with van der Waals surface area (Å²) in [6.07, 6.45) is 0. The summed E-state index contributed by atoms with van der Waals surface area (Å²) < 4.78 is 1.71. The lowest BCUT2D eigenvalue weighted by molar-refractivity contribution is -0.136. The molecule has 0 fully saturated rings. The van der Waals surface area contributed by atoms with Crippen molar-refractivity contribution in [3.63, 3.8) is 0 Å². The van der Waals surface area contributed by atoms with E-state index in [0.29, 0.717) is 11.1 Å². The maximum atomic E-state index is 10.7. The fourth-order valence-electron chi connectivity index (χ4n) is 1.06. The molecule has 1 unspecified atom stereocenters. The molecule has 0 spiro atoms. The molecule has 0 radical (unpaired) electrons. The molecule has 15 heavy (non-hydrogen) atoms. The molecule has 1 aromatic heterocycles. The van der Waals surface area contributed by atoms with Crippen LogP contribution in [0.25, 0.3) is 0 Å². The summed E-state index contributed by atoms with van der Waals surface area (Å²) in [5.41, 5.74) is 5.62. The van der Waals surface area contributed by atoms with Gasteiger partial charge in [-0.05, 0) is 20.8 Å². The normalized spacial score (nSPS) is 13.1. The highest BCUT2D eigenvalue weighted by atomic mass is 32.2. The van der Waals surface area contributed by atoms with E-state index in [0.717, 1.165) is 11.8 Å². The molecule has 84 valence electrons. The van der Waals surface area contributed by atoms with E-state index in [-0.39, 0.29) is 6.04 Å². The smallest absolute Gasteiger partial charge is 0.316 e. The fourth-order valence-corrected chi connectivity index (χ4v) is 1.99. The molecule has 1 heterocycles. The molecule has 7 heteroatoms. The van der Waals surface area contributed by atoms with Crippen LogP contribution in [0.3, 0.4) is 0 Å². The Morgan fingerprint density at radius 2 is 2.07 bits per heavy atom. The number of nitrogen functional groups attached to an aromatic ring is 1. The Morgan fingerprint density at radius 1 is 1.47 bits per heavy atom. The van der Waals surface area contributed by atoms with E-state index in [2.05, 4.69) is 10.2 Å². The van der Waals surface area contributed by atoms with Gasteiger partial charge in [-0.3, -0.25) is 9.36 Å². The second-order valence-corrected chi connectivity index (χ2v) is 4.71. The minimum Gasteiger partial charge on any atom is -0.480 e. The largest absolute Gasteiger partial charge is 0.480 e. The number of hydrogen-bond donors (Lipinski definition) is 2. The lowest BCUT2D eigenvalue weighted by atomic mass is 10.4. The van der Waals surface area contributed by atoms with Crippen molar-refractivity contribution in [3.8, 4) is 0 Å². The number of carbonyl (C=O) groups is 1. The lowest BCUT2D eigenvalue weighted by Gasteiger charge is -2.12. The van der Waals surface area contributed by atoms with Gasteiger partial charge in [-0.2, -0.15) is 0 Å². The minimum atomic E-state index is -0.878. The van der Waals surface area contributed by atoms with Crippen molar-refractivity contribution >= 4 is 23.7 Å². The van der Waals surface area contributed by atoms with Crippen LogP contribution in [0.2, 0.25) is 0 Å². The second-order valence-electron chi connectivity index (χ2n) is 3.40. The van der Waals surface area contributed by atoms with Crippen LogP contribution < -0.4 is 5.73 Å². The van der Waals surface area contributed by atoms with Gasteiger partial charge in [0.15, 0.2) is 5.16 Å². The second kappa shape index (κ2) is 4.52. The molecule has 1 aromatic rings. The Hall–Kier alpha value is -1.24. The van der Waals surface area contributed by atoms with E-state index in [1.165, 1.54) is 0 Å². The molecule has 1 atom stereocenters. The van der Waals surface area contributed by atoms with Crippen LogP contribution >= 0.6 is 11.8 Å². The molecule has 0 amide bonds. The van der Waals surface area contributed by atoms with E-state index in [1.54, 1.807) is 11.5 Å². The van der Waals surface area contributed by atoms with Crippen molar-refractivity contribution < 1.29 is 9.90 Å². The van der Waals surface area contributed by atoms with Crippen LogP contribution in [0.1, 0.15) is 26.8 Å². The van der Waals surface area contributed by atoms with Crippen LogP contribution in [-0.4, -0.2) is 31.1 Å². The van der Waals surface area contributed by atoms with Crippen LogP contribution in [0.15, 0.2) is 5.16 Å².